The first-order valence-corrected chi connectivity index (χ1v) is 4.65. The van der Waals surface area contributed by atoms with Gasteiger partial charge in [0.15, 0.2) is 0 Å². The molecule has 1 atom stereocenters. The Bertz CT molecular complexity index is 108. The second kappa shape index (κ2) is 8.57. The normalized spacial score (nSPS) is 11.6. The molecule has 0 radical (unpaired) electrons. The summed E-state index contributed by atoms with van der Waals surface area (Å²) in [6, 6.07) is 0. The molecule has 0 heterocycles. The Morgan fingerprint density at radius 1 is 1.25 bits per heavy atom. The highest BCUT2D eigenvalue weighted by Crippen LogP contribution is 2.11. The van der Waals surface area contributed by atoms with Gasteiger partial charge in [-0.1, -0.05) is 34.6 Å². The first-order valence-electron chi connectivity index (χ1n) is 4.65. The molecule has 0 spiro atoms. The Hall–Kier alpha value is -0.530. The molecule has 0 bridgehead atoms. The largest absolute Gasteiger partial charge is 0.469 e. The van der Waals surface area contributed by atoms with Crippen LogP contribution in [0, 0.1) is 11.8 Å². The van der Waals surface area contributed by atoms with Crippen LogP contribution in [0.1, 0.15) is 41.0 Å². The number of carbonyl (C=O) groups excluding carboxylic acids is 1. The number of esters is 1. The lowest BCUT2D eigenvalue weighted by Gasteiger charge is -2.10. The van der Waals surface area contributed by atoms with Crippen molar-refractivity contribution in [1.29, 1.82) is 0 Å². The van der Waals surface area contributed by atoms with Gasteiger partial charge in [0, 0.05) is 0 Å². The molecule has 0 aliphatic heterocycles. The lowest BCUT2D eigenvalue weighted by Crippen LogP contribution is -2.14. The Morgan fingerprint density at radius 3 is 1.92 bits per heavy atom. The molecule has 0 aliphatic carbocycles. The number of methoxy groups -OCH3 is 1. The van der Waals surface area contributed by atoms with Gasteiger partial charge < -0.3 is 4.74 Å². The average molecular weight is 174 g/mol. The molecule has 0 saturated heterocycles. The SMILES string of the molecule is CC.COC(=O)[C@H](C)CC(C)C. The van der Waals surface area contributed by atoms with E-state index in [0.717, 1.165) is 6.42 Å². The highest BCUT2D eigenvalue weighted by Gasteiger charge is 2.13. The van der Waals surface area contributed by atoms with Gasteiger partial charge in [-0.3, -0.25) is 4.79 Å². The van der Waals surface area contributed by atoms with Gasteiger partial charge in [-0.2, -0.15) is 0 Å². The Kier molecular flexibility index (Phi) is 10.0. The van der Waals surface area contributed by atoms with Crippen molar-refractivity contribution in [2.75, 3.05) is 7.11 Å². The van der Waals surface area contributed by atoms with E-state index in [2.05, 4.69) is 18.6 Å². The predicted octanol–water partition coefficient (Wildman–Crippen LogP) is 2.87. The van der Waals surface area contributed by atoms with Crippen molar-refractivity contribution in [3.63, 3.8) is 0 Å². The van der Waals surface area contributed by atoms with Crippen LogP contribution in [0.4, 0.5) is 0 Å². The van der Waals surface area contributed by atoms with Crippen molar-refractivity contribution in [3.05, 3.63) is 0 Å². The summed E-state index contributed by atoms with van der Waals surface area (Å²) in [6.45, 7) is 10.1. The smallest absolute Gasteiger partial charge is 0.308 e. The summed E-state index contributed by atoms with van der Waals surface area (Å²) in [5.41, 5.74) is 0. The molecule has 0 N–H and O–H groups in total. The molecule has 0 rings (SSSR count). The number of ether oxygens (including phenoxy) is 1. The van der Waals surface area contributed by atoms with E-state index in [0.29, 0.717) is 5.92 Å². The molecule has 2 heteroatoms. The molecular formula is C10H22O2. The molecule has 0 aromatic heterocycles. The molecule has 0 aliphatic rings. The van der Waals surface area contributed by atoms with Crippen LogP contribution in [0.25, 0.3) is 0 Å². The third kappa shape index (κ3) is 7.58. The molecule has 0 amide bonds. The van der Waals surface area contributed by atoms with Crippen molar-refractivity contribution in [3.8, 4) is 0 Å². The molecular weight excluding hydrogens is 152 g/mol. The van der Waals surface area contributed by atoms with E-state index in [1.54, 1.807) is 0 Å². The molecule has 0 aromatic carbocycles. The van der Waals surface area contributed by atoms with E-state index >= 15 is 0 Å². The first-order chi connectivity index (χ1) is 5.57. The van der Waals surface area contributed by atoms with E-state index in [1.807, 2.05) is 20.8 Å². The van der Waals surface area contributed by atoms with E-state index in [4.69, 9.17) is 0 Å². The van der Waals surface area contributed by atoms with Crippen LogP contribution in [0.15, 0.2) is 0 Å². The predicted molar refractivity (Wildman–Crippen MR) is 52.0 cm³/mol. The van der Waals surface area contributed by atoms with Crippen LogP contribution in [0.5, 0.6) is 0 Å². The minimum Gasteiger partial charge on any atom is -0.469 e. The lowest BCUT2D eigenvalue weighted by molar-refractivity contribution is -0.145. The second-order valence-corrected chi connectivity index (χ2v) is 3.05. The minimum atomic E-state index is -0.103. The molecule has 2 nitrogen and oxygen atoms in total. The van der Waals surface area contributed by atoms with E-state index in [-0.39, 0.29) is 11.9 Å². The van der Waals surface area contributed by atoms with Gasteiger partial charge in [0.1, 0.15) is 0 Å². The van der Waals surface area contributed by atoms with Gasteiger partial charge in [-0.15, -0.1) is 0 Å². The topological polar surface area (TPSA) is 26.3 Å². The highest BCUT2D eigenvalue weighted by atomic mass is 16.5. The quantitative estimate of drug-likeness (QED) is 0.615. The van der Waals surface area contributed by atoms with E-state index in [1.165, 1.54) is 7.11 Å². The van der Waals surface area contributed by atoms with Crippen molar-refractivity contribution >= 4 is 5.97 Å². The number of hydrogen-bond acceptors (Lipinski definition) is 2. The molecule has 0 fully saturated rings. The lowest BCUT2D eigenvalue weighted by atomic mass is 9.99. The van der Waals surface area contributed by atoms with Gasteiger partial charge in [0.25, 0.3) is 0 Å². The van der Waals surface area contributed by atoms with Gasteiger partial charge in [-0.05, 0) is 12.3 Å². The maximum absolute atomic E-state index is 10.8. The fourth-order valence-corrected chi connectivity index (χ4v) is 1.00. The number of carbonyl (C=O) groups is 1. The van der Waals surface area contributed by atoms with Crippen molar-refractivity contribution < 1.29 is 9.53 Å². The standard InChI is InChI=1S/C8H16O2.C2H6/c1-6(2)5-7(3)8(9)10-4;1-2/h6-7H,5H2,1-4H3;1-2H3/t7-;/m1./s1. The Balaban J connectivity index is 0. The van der Waals surface area contributed by atoms with Crippen LogP contribution >= 0.6 is 0 Å². The van der Waals surface area contributed by atoms with Crippen LogP contribution < -0.4 is 0 Å². The van der Waals surface area contributed by atoms with Crippen molar-refractivity contribution in [2.24, 2.45) is 11.8 Å². The summed E-state index contributed by atoms with van der Waals surface area (Å²) >= 11 is 0. The number of hydrogen-bond donors (Lipinski definition) is 0. The zero-order valence-electron chi connectivity index (χ0n) is 9.18. The summed E-state index contributed by atoms with van der Waals surface area (Å²) in [5.74, 6) is 0.507. The maximum atomic E-state index is 10.8. The number of rotatable bonds is 3. The Labute approximate surface area is 76.3 Å². The van der Waals surface area contributed by atoms with Gasteiger partial charge in [0.05, 0.1) is 13.0 Å². The summed E-state index contributed by atoms with van der Waals surface area (Å²) in [6.07, 6.45) is 0.909. The second-order valence-electron chi connectivity index (χ2n) is 3.05. The first kappa shape index (κ1) is 14.0. The summed E-state index contributed by atoms with van der Waals surface area (Å²) in [5, 5.41) is 0. The van der Waals surface area contributed by atoms with Crippen LogP contribution in [-0.2, 0) is 9.53 Å². The molecule has 0 saturated carbocycles. The molecule has 0 unspecified atom stereocenters. The molecule has 74 valence electrons. The Morgan fingerprint density at radius 2 is 1.67 bits per heavy atom. The molecule has 0 aromatic rings. The van der Waals surface area contributed by atoms with Crippen molar-refractivity contribution in [1.82, 2.24) is 0 Å². The van der Waals surface area contributed by atoms with Gasteiger partial charge >= 0.3 is 5.97 Å². The minimum absolute atomic E-state index is 0.0463. The fourth-order valence-electron chi connectivity index (χ4n) is 1.00. The van der Waals surface area contributed by atoms with E-state index < -0.39 is 0 Å². The fraction of sp³-hybridized carbons (Fsp3) is 0.900. The third-order valence-electron chi connectivity index (χ3n) is 1.43. The van der Waals surface area contributed by atoms with Gasteiger partial charge in [-0.25, -0.2) is 0 Å². The van der Waals surface area contributed by atoms with Crippen LogP contribution in [0.2, 0.25) is 0 Å². The van der Waals surface area contributed by atoms with Crippen LogP contribution in [-0.4, -0.2) is 13.1 Å². The zero-order valence-corrected chi connectivity index (χ0v) is 9.18. The summed E-state index contributed by atoms with van der Waals surface area (Å²) in [7, 11) is 1.43. The van der Waals surface area contributed by atoms with Crippen LogP contribution in [0.3, 0.4) is 0 Å². The average Bonchev–Trinajstić information content (AvgIpc) is 2.05. The maximum Gasteiger partial charge on any atom is 0.308 e. The monoisotopic (exact) mass is 174 g/mol. The zero-order chi connectivity index (χ0) is 10.1. The van der Waals surface area contributed by atoms with Crippen molar-refractivity contribution in [2.45, 2.75) is 41.0 Å². The van der Waals surface area contributed by atoms with Gasteiger partial charge in [0.2, 0.25) is 0 Å². The highest BCUT2D eigenvalue weighted by molar-refractivity contribution is 5.71. The summed E-state index contributed by atoms with van der Waals surface area (Å²) in [4.78, 5) is 10.8. The molecule has 12 heavy (non-hydrogen) atoms. The third-order valence-corrected chi connectivity index (χ3v) is 1.43. The summed E-state index contributed by atoms with van der Waals surface area (Å²) < 4.78 is 4.57. The van der Waals surface area contributed by atoms with E-state index in [9.17, 15) is 4.79 Å².